The van der Waals surface area contributed by atoms with Crippen LogP contribution in [-0.2, 0) is 4.79 Å². The van der Waals surface area contributed by atoms with Crippen LogP contribution in [0.1, 0.15) is 18.7 Å². The molecule has 1 aromatic carbocycles. The summed E-state index contributed by atoms with van der Waals surface area (Å²) in [5.74, 6) is 0.794. The number of aryl methyl sites for hydroxylation is 1. The molecule has 1 amide bonds. The summed E-state index contributed by atoms with van der Waals surface area (Å²) in [6.45, 7) is 1.78. The van der Waals surface area contributed by atoms with Crippen molar-refractivity contribution in [3.05, 3.63) is 58.8 Å². The molecule has 120 valence electrons. The maximum Gasteiger partial charge on any atom is 0.267 e. The molecule has 1 N–H and O–H groups in total. The molecular weight excluding hydrogens is 304 g/mol. The Morgan fingerprint density at radius 1 is 1.21 bits per heavy atom. The predicted octanol–water partition coefficient (Wildman–Crippen LogP) is 2.44. The van der Waals surface area contributed by atoms with Gasteiger partial charge in [-0.25, -0.2) is 9.97 Å². The number of carbonyl (C=O) groups excluding carboxylic acids is 1. The number of fused-ring (bicyclic) bond motifs is 1. The molecule has 6 heteroatoms. The number of carbonyl (C=O) groups is 1. The minimum atomic E-state index is -0.152. The summed E-state index contributed by atoms with van der Waals surface area (Å²) in [6.07, 6.45) is 3.56. The van der Waals surface area contributed by atoms with E-state index < -0.39 is 0 Å². The van der Waals surface area contributed by atoms with Crippen LogP contribution in [0.25, 0.3) is 16.7 Å². The van der Waals surface area contributed by atoms with E-state index in [1.807, 2.05) is 0 Å². The number of rotatable bonds is 3. The van der Waals surface area contributed by atoms with Gasteiger partial charge >= 0.3 is 0 Å². The van der Waals surface area contributed by atoms with E-state index in [4.69, 9.17) is 0 Å². The van der Waals surface area contributed by atoms with Gasteiger partial charge < -0.3 is 5.32 Å². The number of aromatic nitrogens is 3. The molecular formula is C18H16N4O2. The van der Waals surface area contributed by atoms with E-state index in [1.54, 1.807) is 54.1 Å². The molecule has 4 rings (SSSR count). The summed E-state index contributed by atoms with van der Waals surface area (Å²) in [6, 6.07) is 10.7. The van der Waals surface area contributed by atoms with Crippen LogP contribution < -0.4 is 10.9 Å². The SMILES string of the molecule is Cc1nc2ncccc2c(=O)n1-c1ccc(NC(=O)C2CC2)cc1. The van der Waals surface area contributed by atoms with Crippen LogP contribution in [0.3, 0.4) is 0 Å². The molecule has 2 heterocycles. The quantitative estimate of drug-likeness (QED) is 0.804. The average molecular weight is 320 g/mol. The first-order valence-electron chi connectivity index (χ1n) is 7.89. The molecule has 0 radical (unpaired) electrons. The van der Waals surface area contributed by atoms with Crippen molar-refractivity contribution in [3.63, 3.8) is 0 Å². The lowest BCUT2D eigenvalue weighted by molar-refractivity contribution is -0.117. The maximum atomic E-state index is 12.7. The molecule has 0 unspecified atom stereocenters. The highest BCUT2D eigenvalue weighted by molar-refractivity contribution is 5.94. The molecule has 1 aliphatic carbocycles. The lowest BCUT2D eigenvalue weighted by Crippen LogP contribution is -2.22. The second kappa shape index (κ2) is 5.56. The van der Waals surface area contributed by atoms with Crippen molar-refractivity contribution in [1.29, 1.82) is 0 Å². The van der Waals surface area contributed by atoms with Gasteiger partial charge in [0.2, 0.25) is 5.91 Å². The Kier molecular flexibility index (Phi) is 3.37. The third-order valence-electron chi connectivity index (χ3n) is 4.15. The van der Waals surface area contributed by atoms with Crippen LogP contribution >= 0.6 is 0 Å². The Bertz CT molecular complexity index is 988. The second-order valence-corrected chi connectivity index (χ2v) is 5.98. The Hall–Kier alpha value is -3.02. The van der Waals surface area contributed by atoms with E-state index in [-0.39, 0.29) is 17.4 Å². The summed E-state index contributed by atoms with van der Waals surface area (Å²) in [5.41, 5.74) is 1.74. The van der Waals surface area contributed by atoms with Crippen molar-refractivity contribution in [1.82, 2.24) is 14.5 Å². The van der Waals surface area contributed by atoms with Gasteiger partial charge in [0, 0.05) is 17.8 Å². The summed E-state index contributed by atoms with van der Waals surface area (Å²) >= 11 is 0. The number of pyridine rings is 1. The Morgan fingerprint density at radius 3 is 2.67 bits per heavy atom. The largest absolute Gasteiger partial charge is 0.326 e. The molecule has 0 atom stereocenters. The van der Waals surface area contributed by atoms with E-state index in [1.165, 1.54) is 0 Å². The van der Waals surface area contributed by atoms with Gasteiger partial charge in [0.1, 0.15) is 5.82 Å². The highest BCUT2D eigenvalue weighted by Crippen LogP contribution is 2.30. The molecule has 1 saturated carbocycles. The highest BCUT2D eigenvalue weighted by atomic mass is 16.2. The number of hydrogen-bond donors (Lipinski definition) is 1. The number of amides is 1. The minimum Gasteiger partial charge on any atom is -0.326 e. The third-order valence-corrected chi connectivity index (χ3v) is 4.15. The van der Waals surface area contributed by atoms with Gasteiger partial charge in [0.15, 0.2) is 5.65 Å². The van der Waals surface area contributed by atoms with Crippen LogP contribution in [0.15, 0.2) is 47.4 Å². The average Bonchev–Trinajstić information content (AvgIpc) is 3.41. The van der Waals surface area contributed by atoms with Gasteiger partial charge in [0.05, 0.1) is 11.1 Å². The molecule has 0 spiro atoms. The zero-order valence-electron chi connectivity index (χ0n) is 13.2. The fraction of sp³-hybridized carbons (Fsp3) is 0.222. The lowest BCUT2D eigenvalue weighted by Gasteiger charge is -2.11. The van der Waals surface area contributed by atoms with Crippen LogP contribution in [0.4, 0.5) is 5.69 Å². The molecule has 2 aromatic heterocycles. The molecule has 0 saturated heterocycles. The van der Waals surface area contributed by atoms with Crippen molar-refractivity contribution >= 4 is 22.6 Å². The standard InChI is InChI=1S/C18H16N4O2/c1-11-20-16-15(3-2-10-19-16)18(24)22(11)14-8-6-13(7-9-14)21-17(23)12-4-5-12/h2-3,6-10,12H,4-5H2,1H3,(H,21,23). The molecule has 0 aliphatic heterocycles. The number of nitrogens with zero attached hydrogens (tertiary/aromatic N) is 3. The van der Waals surface area contributed by atoms with E-state index in [0.29, 0.717) is 22.5 Å². The highest BCUT2D eigenvalue weighted by Gasteiger charge is 2.29. The maximum absolute atomic E-state index is 12.7. The summed E-state index contributed by atoms with van der Waals surface area (Å²) in [5, 5.41) is 3.37. The van der Waals surface area contributed by atoms with E-state index in [9.17, 15) is 9.59 Å². The number of hydrogen-bond acceptors (Lipinski definition) is 4. The number of anilines is 1. The summed E-state index contributed by atoms with van der Waals surface area (Å²) in [7, 11) is 0. The Balaban J connectivity index is 1.72. The molecule has 6 nitrogen and oxygen atoms in total. The first-order chi connectivity index (χ1) is 11.6. The van der Waals surface area contributed by atoms with Gasteiger partial charge in [-0.3, -0.25) is 14.2 Å². The first-order valence-corrected chi connectivity index (χ1v) is 7.89. The first kappa shape index (κ1) is 14.6. The monoisotopic (exact) mass is 320 g/mol. The normalized spacial score (nSPS) is 13.9. The van der Waals surface area contributed by atoms with Gasteiger partial charge in [-0.1, -0.05) is 0 Å². The Labute approximate surface area is 138 Å². The lowest BCUT2D eigenvalue weighted by atomic mass is 10.2. The minimum absolute atomic E-state index is 0.0644. The predicted molar refractivity (Wildman–Crippen MR) is 91.2 cm³/mol. The fourth-order valence-corrected chi connectivity index (χ4v) is 2.71. The topological polar surface area (TPSA) is 76.9 Å². The Morgan fingerprint density at radius 2 is 1.96 bits per heavy atom. The van der Waals surface area contributed by atoms with Crippen LogP contribution in [0.2, 0.25) is 0 Å². The van der Waals surface area contributed by atoms with E-state index in [2.05, 4.69) is 15.3 Å². The van der Waals surface area contributed by atoms with Crippen molar-refractivity contribution < 1.29 is 4.79 Å². The van der Waals surface area contributed by atoms with E-state index >= 15 is 0 Å². The fourth-order valence-electron chi connectivity index (χ4n) is 2.71. The smallest absolute Gasteiger partial charge is 0.267 e. The molecule has 1 aliphatic rings. The van der Waals surface area contributed by atoms with Gasteiger partial charge in [0.25, 0.3) is 5.56 Å². The third kappa shape index (κ3) is 2.56. The van der Waals surface area contributed by atoms with Crippen molar-refractivity contribution in [3.8, 4) is 5.69 Å². The summed E-state index contributed by atoms with van der Waals surface area (Å²) in [4.78, 5) is 33.1. The zero-order chi connectivity index (χ0) is 16.7. The molecule has 3 aromatic rings. The van der Waals surface area contributed by atoms with Gasteiger partial charge in [-0.15, -0.1) is 0 Å². The zero-order valence-corrected chi connectivity index (χ0v) is 13.2. The van der Waals surface area contributed by atoms with Crippen molar-refractivity contribution in [2.75, 3.05) is 5.32 Å². The molecule has 0 bridgehead atoms. The number of benzene rings is 1. The number of nitrogens with one attached hydrogen (secondary N) is 1. The van der Waals surface area contributed by atoms with Crippen molar-refractivity contribution in [2.45, 2.75) is 19.8 Å². The molecule has 24 heavy (non-hydrogen) atoms. The summed E-state index contributed by atoms with van der Waals surface area (Å²) < 4.78 is 1.55. The van der Waals surface area contributed by atoms with Crippen LogP contribution in [0.5, 0.6) is 0 Å². The van der Waals surface area contributed by atoms with Crippen molar-refractivity contribution in [2.24, 2.45) is 5.92 Å². The van der Waals surface area contributed by atoms with Crippen LogP contribution in [0, 0.1) is 12.8 Å². The molecule has 1 fully saturated rings. The van der Waals surface area contributed by atoms with Crippen LogP contribution in [-0.4, -0.2) is 20.4 Å². The van der Waals surface area contributed by atoms with E-state index in [0.717, 1.165) is 18.5 Å². The van der Waals surface area contributed by atoms with Gasteiger partial charge in [-0.2, -0.15) is 0 Å². The van der Waals surface area contributed by atoms with Gasteiger partial charge in [-0.05, 0) is 56.2 Å². The second-order valence-electron chi connectivity index (χ2n) is 5.98.